The molecular formula is C94H135Br2Cl2N21O21S6. The first kappa shape index (κ1) is 129. The van der Waals surface area contributed by atoms with Crippen LogP contribution >= 0.6 is 54.1 Å². The second-order valence-corrected chi connectivity index (χ2v) is 44.2. The highest BCUT2D eigenvalue weighted by Gasteiger charge is 2.25. The van der Waals surface area contributed by atoms with Crippen molar-refractivity contribution < 1.29 is 94.2 Å². The van der Waals surface area contributed by atoms with E-state index in [2.05, 4.69) is 118 Å². The van der Waals surface area contributed by atoms with Gasteiger partial charge in [-0.3, -0.25) is 75.4 Å². The molecule has 13 rings (SSSR count). The van der Waals surface area contributed by atoms with Crippen molar-refractivity contribution in [2.24, 2.45) is 48.3 Å². The number of nitrogens with one attached hydrogen (secondary N) is 5. The molecule has 52 heteroatoms. The molecule has 5 heterocycles. The van der Waals surface area contributed by atoms with Crippen molar-refractivity contribution in [1.29, 1.82) is 0 Å². The number of esters is 2. The summed E-state index contributed by atoms with van der Waals surface area (Å²) in [5, 5.41) is 60.0. The lowest BCUT2D eigenvalue weighted by Crippen LogP contribution is -2.49. The first-order valence-electron chi connectivity index (χ1n) is 45.5. The Hall–Kier alpha value is -9.42. The molecule has 0 saturated carbocycles. The molecule has 5 fully saturated rings. The maximum absolute atomic E-state index is 12.2. The largest absolute Gasteiger partial charge is 0.507 e. The standard InChI is InChI=1S/C23H29N5O4S.C15H23N3O4S.C13H21N5O3S.C11H17N3O2S.C10H10O2.C7H6BrClO2S.C7H8BrNO2S.C4H7ClO2.C4H10N2.H4N2/c1-2-4-19-5-3-6-20(23(19)30)15-25-26-22(29)17-28-13-11-27(12-14-28)16-18-7-9-21(10-8-18)33(24,31)32;1-2-22-15(19)12-18-9-7-17(8-10-18)11-13-3-5-14(6-4-13)23(16,20)21;14-16-13(19)10-18-7-5-17(6-8-18)9-11-1-3-12(4-2-11)22(15,20)21;12-17(15,16)11-3-1-10(2-4-11)9-14-7-5-13-6-8-14;1-2-4-8-5-3-6-9(7-11)10(8)12;2*8-5-6-1-3-7(4-2-6)12(9,10)11;1-2-7-4(6)3-5;1-2-6-4-3-5-1;1-2/h2-3,5-10,15,30H,1,4,11-14,16-17H2,(H,26,29)(H2,24,31,32);3-6H,2,7-12H2,1H3,(H2,16,20,21);1-4H,5-10,14H2,(H,16,19)(H2,15,20,21);1-4,13H,5-9H2,(H2,12,15,16);2-3,5-7,12H,1,4H2;1-4H,5H2;1-4H,5H2,(H2,9,10,11);2-3H2,1H3;5-6H,1-4H2;1-2H2/b25-15+;;;;;;;;;. The number of hydrogen-bond donors (Lipinski definition) is 15. The minimum atomic E-state index is -3.68. The maximum atomic E-state index is 12.2. The summed E-state index contributed by atoms with van der Waals surface area (Å²) in [4.78, 5) is 71.4. The number of hydrazine groups is 2. The summed E-state index contributed by atoms with van der Waals surface area (Å²) in [7, 11) is -16.5. The zero-order valence-corrected chi connectivity index (χ0v) is 91.0. The molecule has 0 radical (unpaired) electrons. The molecule has 0 atom stereocenters. The number of carbonyl (C=O) groups is 5. The fourth-order valence-electron chi connectivity index (χ4n) is 13.8. The van der Waals surface area contributed by atoms with E-state index in [-0.39, 0.29) is 77.0 Å². The summed E-state index contributed by atoms with van der Waals surface area (Å²) in [6.45, 7) is 33.8. The third-order valence-corrected chi connectivity index (χ3v) is 29.0. The number of alkyl halides is 3. The molecule has 8 aromatic carbocycles. The highest BCUT2D eigenvalue weighted by atomic mass is 79.9. The number of aldehydes is 1. The number of para-hydroxylation sites is 2. The summed E-state index contributed by atoms with van der Waals surface area (Å²) >= 11 is 11.6. The van der Waals surface area contributed by atoms with Crippen molar-refractivity contribution in [3.8, 4) is 11.5 Å². The monoisotopic (exact) mass is 2310 g/mol. The smallest absolute Gasteiger partial charge is 0.320 e. The number of halogens is 4. The number of amides is 2. The number of sulfonamides is 5. The molecule has 42 nitrogen and oxygen atoms in total. The molecule has 5 aliphatic rings. The van der Waals surface area contributed by atoms with E-state index in [1.807, 2.05) is 34.1 Å². The van der Waals surface area contributed by atoms with Crippen LogP contribution in [0.15, 0.2) is 242 Å². The zero-order chi connectivity index (χ0) is 108. The van der Waals surface area contributed by atoms with Crippen molar-refractivity contribution in [2.45, 2.75) is 92.9 Å². The number of allylic oxidation sites excluding steroid dienone is 2. The van der Waals surface area contributed by atoms with E-state index in [4.69, 9.17) is 58.6 Å². The maximum Gasteiger partial charge on any atom is 0.320 e. The summed E-state index contributed by atoms with van der Waals surface area (Å²) in [6.07, 6.45) is 6.59. The van der Waals surface area contributed by atoms with Gasteiger partial charge in [-0.2, -0.15) is 5.10 Å². The SMILES string of the molecule is C1CNCCN1.C=CCc1cccc(/C=N/NC(=O)CN2CCN(Cc3ccc(S(N)(=O)=O)cc3)CC2)c1O.C=CCc1cccc(C=O)c1O.CCOC(=O)CCl.CCOC(=O)CN1CCN(Cc2ccc(S(N)(=O)=O)cc2)CC1.NN.NNC(=O)CN1CCN(Cc2ccc(S(N)(=O)=O)cc2)CC1.NS(=O)(=O)c1ccc(CBr)cc1.NS(=O)(=O)c1ccc(CN2CCNCC2)cc1.O=S(=O)(Cl)c1ccc(CBr)cc1. The molecule has 0 aromatic heterocycles. The van der Waals surface area contributed by atoms with Gasteiger partial charge in [-0.05, 0) is 156 Å². The fraction of sp³-hybridized carbons (Fsp3) is 0.383. The van der Waals surface area contributed by atoms with E-state index in [0.717, 1.165) is 195 Å². The van der Waals surface area contributed by atoms with Gasteiger partial charge >= 0.3 is 11.9 Å². The Labute approximate surface area is 883 Å². The Morgan fingerprint density at radius 3 is 0.952 bits per heavy atom. The first-order valence-corrected chi connectivity index (χ1v) is 58.3. The van der Waals surface area contributed by atoms with Gasteiger partial charge < -0.3 is 35.6 Å². The molecule has 23 N–H and O–H groups in total. The lowest BCUT2D eigenvalue weighted by molar-refractivity contribution is -0.145. The minimum Gasteiger partial charge on any atom is -0.507 e. The number of hydrazone groups is 1. The summed E-state index contributed by atoms with van der Waals surface area (Å²) < 4.78 is 142. The van der Waals surface area contributed by atoms with E-state index in [1.165, 1.54) is 66.9 Å². The number of benzene rings is 8. The average molecular weight is 2320 g/mol. The van der Waals surface area contributed by atoms with Crippen molar-refractivity contribution >= 4 is 150 Å². The molecule has 0 aliphatic carbocycles. The van der Waals surface area contributed by atoms with Gasteiger partial charge in [0.25, 0.3) is 15.0 Å². The van der Waals surface area contributed by atoms with Gasteiger partial charge in [0.05, 0.1) is 74.0 Å². The quantitative estimate of drug-likeness (QED) is 0.00329. The molecule has 2 amide bonds. The Bertz CT molecular complexity index is 6000. The number of piperazine rings is 5. The number of nitrogens with zero attached hydrogens (tertiary/aromatic N) is 8. The van der Waals surface area contributed by atoms with Gasteiger partial charge in [0.15, 0.2) is 6.29 Å². The topological polar surface area (TPSA) is 652 Å². The van der Waals surface area contributed by atoms with Gasteiger partial charge in [-0.1, -0.05) is 141 Å². The van der Waals surface area contributed by atoms with Gasteiger partial charge in [0, 0.05) is 184 Å². The lowest BCUT2D eigenvalue weighted by Gasteiger charge is -2.34. The molecule has 0 bridgehead atoms. The molecule has 5 saturated heterocycles. The predicted octanol–water partition coefficient (Wildman–Crippen LogP) is 3.69. The lowest BCUT2D eigenvalue weighted by atomic mass is 10.1. The molecule has 0 spiro atoms. The van der Waals surface area contributed by atoms with Crippen LogP contribution in [0.2, 0.25) is 0 Å². The molecule has 0 unspecified atom stereocenters. The normalized spacial score (nSPS) is 15.0. The Morgan fingerprint density at radius 2 is 0.678 bits per heavy atom. The van der Waals surface area contributed by atoms with Gasteiger partial charge in [0.1, 0.15) is 17.4 Å². The minimum absolute atomic E-state index is 0.0478. The number of aromatic hydroxyl groups is 2. The van der Waals surface area contributed by atoms with Crippen LogP contribution in [0, 0.1) is 0 Å². The van der Waals surface area contributed by atoms with Crippen LogP contribution < -0.4 is 70.0 Å². The van der Waals surface area contributed by atoms with Gasteiger partial charge in [0.2, 0.25) is 56.0 Å². The number of primary sulfonamides is 5. The van der Waals surface area contributed by atoms with Crippen LogP contribution in [-0.2, 0) is 137 Å². The molecular weight excluding hydrogens is 2180 g/mol. The van der Waals surface area contributed by atoms with Crippen LogP contribution in [0.4, 0.5) is 0 Å². The molecule has 8 aromatic rings. The van der Waals surface area contributed by atoms with E-state index < -0.39 is 59.2 Å². The number of phenols is 2. The Morgan fingerprint density at radius 1 is 0.404 bits per heavy atom. The van der Waals surface area contributed by atoms with Gasteiger partial charge in [-0.15, -0.1) is 24.8 Å². The fourth-order valence-corrected chi connectivity index (χ4v) is 18.0. The van der Waals surface area contributed by atoms with Crippen molar-refractivity contribution in [2.75, 3.05) is 170 Å². The van der Waals surface area contributed by atoms with Crippen LogP contribution in [0.1, 0.15) is 74.3 Å². The second-order valence-electron chi connectivity index (χ2n) is 32.4. The third kappa shape index (κ3) is 52.2. The number of phenolic OH excluding ortho intramolecular Hbond substituents is 2. The highest BCUT2D eigenvalue weighted by molar-refractivity contribution is 9.08. The molecule has 146 heavy (non-hydrogen) atoms. The van der Waals surface area contributed by atoms with E-state index in [0.29, 0.717) is 73.8 Å². The number of ether oxygens (including phenoxy) is 2. The van der Waals surface area contributed by atoms with Crippen molar-refractivity contribution in [1.82, 2.24) is 61.1 Å². The summed E-state index contributed by atoms with van der Waals surface area (Å²) in [5.41, 5.74) is 13.2. The van der Waals surface area contributed by atoms with E-state index >= 15 is 0 Å². The van der Waals surface area contributed by atoms with Crippen LogP contribution in [0.3, 0.4) is 0 Å². The predicted molar refractivity (Wildman–Crippen MR) is 573 cm³/mol. The van der Waals surface area contributed by atoms with Crippen molar-refractivity contribution in [3.63, 3.8) is 0 Å². The van der Waals surface area contributed by atoms with Crippen LogP contribution in [-0.4, -0.2) is 301 Å². The molecule has 806 valence electrons. The average Bonchev–Trinajstić information content (AvgIpc) is 0.849. The summed E-state index contributed by atoms with van der Waals surface area (Å²) in [6, 6.07) is 49.8. The van der Waals surface area contributed by atoms with Crippen LogP contribution in [0.5, 0.6) is 11.5 Å². The Balaban J connectivity index is 0.000000355. The number of carbonyl (C=O) groups excluding carboxylic acids is 5. The third-order valence-electron chi connectivity index (χ3n) is 21.5. The van der Waals surface area contributed by atoms with Crippen LogP contribution in [0.25, 0.3) is 0 Å². The number of rotatable bonds is 32. The second kappa shape index (κ2) is 68.3. The van der Waals surface area contributed by atoms with E-state index in [1.54, 1.807) is 123 Å². The van der Waals surface area contributed by atoms with E-state index in [9.17, 15) is 84.7 Å². The highest BCUT2D eigenvalue weighted by Crippen LogP contribution is 2.25. The van der Waals surface area contributed by atoms with Crippen molar-refractivity contribution in [3.05, 3.63) is 263 Å². The first-order chi connectivity index (χ1) is 69.2. The van der Waals surface area contributed by atoms with Gasteiger partial charge in [-0.25, -0.2) is 87.5 Å². The molecule has 5 aliphatic heterocycles. The zero-order valence-electron chi connectivity index (χ0n) is 81.4. The number of hydrogen-bond acceptors (Lipinski definition) is 35. The summed E-state index contributed by atoms with van der Waals surface area (Å²) in [5.74, 6) is 12.3. The Kier molecular flexibility index (Phi) is 60.3. The number of nitrogens with two attached hydrogens (primary N) is 8.